The van der Waals surface area contributed by atoms with Crippen LogP contribution < -0.4 is 0 Å². The number of ether oxygens (including phenoxy) is 1. The van der Waals surface area contributed by atoms with Crippen molar-refractivity contribution in [3.63, 3.8) is 0 Å². The molecule has 0 radical (unpaired) electrons. The van der Waals surface area contributed by atoms with E-state index in [2.05, 4.69) is 0 Å². The minimum atomic E-state index is -4.07. The standard InChI is InChI=1S/C18H25F3O3/c1-12-14(16(23)17(24-3)13(2)15(12)22)10-8-6-4-5-7-9-11-18(19,20)21/h4-11H2,1-3H3. The van der Waals surface area contributed by atoms with Gasteiger partial charge >= 0.3 is 6.18 Å². The minimum Gasteiger partial charge on any atom is -0.492 e. The van der Waals surface area contributed by atoms with Gasteiger partial charge in [-0.2, -0.15) is 13.2 Å². The molecule has 0 saturated carbocycles. The van der Waals surface area contributed by atoms with Crippen molar-refractivity contribution in [2.24, 2.45) is 0 Å². The number of allylic oxidation sites excluding steroid dienone is 3. The van der Waals surface area contributed by atoms with E-state index in [4.69, 9.17) is 4.74 Å². The van der Waals surface area contributed by atoms with Crippen molar-refractivity contribution < 1.29 is 27.5 Å². The first kappa shape index (κ1) is 20.5. The molecule has 0 heterocycles. The molecule has 1 aliphatic carbocycles. The summed E-state index contributed by atoms with van der Waals surface area (Å²) in [6.45, 7) is 3.24. The monoisotopic (exact) mass is 346 g/mol. The van der Waals surface area contributed by atoms with Crippen molar-refractivity contribution in [1.82, 2.24) is 0 Å². The number of ketones is 2. The lowest BCUT2D eigenvalue weighted by molar-refractivity contribution is -0.135. The lowest BCUT2D eigenvalue weighted by atomic mass is 9.87. The third-order valence-electron chi connectivity index (χ3n) is 4.30. The molecule has 0 amide bonds. The number of hydrogen-bond donors (Lipinski definition) is 0. The van der Waals surface area contributed by atoms with E-state index in [0.29, 0.717) is 29.6 Å². The molecule has 3 nitrogen and oxygen atoms in total. The van der Waals surface area contributed by atoms with Gasteiger partial charge in [0.2, 0.25) is 5.78 Å². The predicted molar refractivity (Wildman–Crippen MR) is 85.4 cm³/mol. The van der Waals surface area contributed by atoms with E-state index in [0.717, 1.165) is 25.7 Å². The predicted octanol–water partition coefficient (Wildman–Crippen LogP) is 5.06. The molecule has 1 rings (SSSR count). The minimum absolute atomic E-state index is 0.118. The molecular formula is C18H25F3O3. The fourth-order valence-electron chi connectivity index (χ4n) is 2.88. The Morgan fingerprint density at radius 1 is 0.833 bits per heavy atom. The highest BCUT2D eigenvalue weighted by atomic mass is 19.4. The number of alkyl halides is 3. The molecule has 0 aromatic rings. The van der Waals surface area contributed by atoms with E-state index in [9.17, 15) is 22.8 Å². The third kappa shape index (κ3) is 5.80. The van der Waals surface area contributed by atoms with Crippen molar-refractivity contribution in [2.75, 3.05) is 7.11 Å². The topological polar surface area (TPSA) is 43.4 Å². The van der Waals surface area contributed by atoms with E-state index in [1.807, 2.05) is 0 Å². The number of unbranched alkanes of at least 4 members (excludes halogenated alkanes) is 5. The Balaban J connectivity index is 2.35. The molecule has 0 bridgehead atoms. The summed E-state index contributed by atoms with van der Waals surface area (Å²) in [4.78, 5) is 24.4. The van der Waals surface area contributed by atoms with Crippen LogP contribution >= 0.6 is 0 Å². The van der Waals surface area contributed by atoms with Crippen molar-refractivity contribution in [3.05, 3.63) is 22.5 Å². The summed E-state index contributed by atoms with van der Waals surface area (Å²) in [5.74, 6) is -0.265. The molecule has 0 fully saturated rings. The molecule has 0 atom stereocenters. The second kappa shape index (κ2) is 9.04. The largest absolute Gasteiger partial charge is 0.492 e. The fourth-order valence-corrected chi connectivity index (χ4v) is 2.88. The zero-order valence-corrected chi connectivity index (χ0v) is 14.5. The van der Waals surface area contributed by atoms with Crippen LogP contribution in [0.3, 0.4) is 0 Å². The van der Waals surface area contributed by atoms with Gasteiger partial charge in [-0.3, -0.25) is 9.59 Å². The summed E-state index contributed by atoms with van der Waals surface area (Å²) in [5.41, 5.74) is 1.32. The summed E-state index contributed by atoms with van der Waals surface area (Å²) < 4.78 is 41.1. The van der Waals surface area contributed by atoms with Gasteiger partial charge in [0, 0.05) is 23.1 Å². The molecule has 0 aliphatic heterocycles. The van der Waals surface area contributed by atoms with Crippen LogP contribution in [0.5, 0.6) is 0 Å². The van der Waals surface area contributed by atoms with Gasteiger partial charge in [0.25, 0.3) is 0 Å². The quantitative estimate of drug-likeness (QED) is 0.433. The summed E-state index contributed by atoms with van der Waals surface area (Å²) >= 11 is 0. The average Bonchev–Trinajstić information content (AvgIpc) is 2.50. The zero-order valence-electron chi connectivity index (χ0n) is 14.5. The highest BCUT2D eigenvalue weighted by Gasteiger charge is 2.30. The molecule has 0 N–H and O–H groups in total. The number of carbonyl (C=O) groups is 2. The van der Waals surface area contributed by atoms with Gasteiger partial charge in [0.15, 0.2) is 11.5 Å². The Labute approximate surface area is 140 Å². The molecule has 136 valence electrons. The van der Waals surface area contributed by atoms with Gasteiger partial charge in [0.05, 0.1) is 7.11 Å². The van der Waals surface area contributed by atoms with Crippen molar-refractivity contribution in [1.29, 1.82) is 0 Å². The molecule has 0 unspecified atom stereocenters. The Kier molecular flexibility index (Phi) is 7.70. The Morgan fingerprint density at radius 2 is 1.38 bits per heavy atom. The Hall–Kier alpha value is -1.59. The SMILES string of the molecule is COC1=C(C)C(=O)C(C)=C(CCCCCCCCC(F)(F)F)C1=O. The number of hydrogen-bond acceptors (Lipinski definition) is 3. The lowest BCUT2D eigenvalue weighted by Gasteiger charge is -2.19. The van der Waals surface area contributed by atoms with Crippen LogP contribution in [0.15, 0.2) is 22.5 Å². The number of carbonyl (C=O) groups excluding carboxylic acids is 2. The van der Waals surface area contributed by atoms with Crippen molar-refractivity contribution in [2.45, 2.75) is 71.4 Å². The normalized spacial score (nSPS) is 16.2. The zero-order chi connectivity index (χ0) is 18.3. The van der Waals surface area contributed by atoms with Crippen LogP contribution in [0.2, 0.25) is 0 Å². The van der Waals surface area contributed by atoms with Gasteiger partial charge in [0.1, 0.15) is 0 Å². The van der Waals surface area contributed by atoms with Crippen LogP contribution in [-0.4, -0.2) is 24.9 Å². The van der Waals surface area contributed by atoms with E-state index in [-0.39, 0.29) is 23.7 Å². The highest BCUT2D eigenvalue weighted by Crippen LogP contribution is 2.28. The molecular weight excluding hydrogens is 321 g/mol. The second-order valence-corrected chi connectivity index (χ2v) is 6.16. The lowest BCUT2D eigenvalue weighted by Crippen LogP contribution is -2.23. The number of methoxy groups -OCH3 is 1. The molecule has 1 aliphatic rings. The van der Waals surface area contributed by atoms with Crippen molar-refractivity contribution in [3.8, 4) is 0 Å². The van der Waals surface area contributed by atoms with E-state index < -0.39 is 12.6 Å². The second-order valence-electron chi connectivity index (χ2n) is 6.16. The summed E-state index contributed by atoms with van der Waals surface area (Å²) in [7, 11) is 1.38. The average molecular weight is 346 g/mol. The number of halogens is 3. The van der Waals surface area contributed by atoms with Gasteiger partial charge in [-0.25, -0.2) is 0 Å². The van der Waals surface area contributed by atoms with Crippen LogP contribution in [0, 0.1) is 0 Å². The van der Waals surface area contributed by atoms with Gasteiger partial charge in [-0.05, 0) is 33.1 Å². The maximum absolute atomic E-state index is 12.3. The summed E-state index contributed by atoms with van der Waals surface area (Å²) in [6, 6.07) is 0. The summed E-state index contributed by atoms with van der Waals surface area (Å²) in [6.07, 6.45) is -0.406. The maximum Gasteiger partial charge on any atom is 0.389 e. The van der Waals surface area contributed by atoms with Crippen molar-refractivity contribution >= 4 is 11.6 Å². The highest BCUT2D eigenvalue weighted by molar-refractivity contribution is 6.23. The van der Waals surface area contributed by atoms with Crippen LogP contribution in [0.4, 0.5) is 13.2 Å². The van der Waals surface area contributed by atoms with E-state index in [1.54, 1.807) is 13.8 Å². The van der Waals surface area contributed by atoms with Crippen LogP contribution in [0.1, 0.15) is 65.2 Å². The molecule has 0 saturated heterocycles. The molecule has 0 aromatic heterocycles. The van der Waals surface area contributed by atoms with E-state index in [1.165, 1.54) is 7.11 Å². The first-order valence-corrected chi connectivity index (χ1v) is 8.29. The number of Topliss-reactive ketones (excluding diaryl/α,β-unsaturated/α-hetero) is 2. The Bertz CT molecular complexity index is 542. The molecule has 0 spiro atoms. The Morgan fingerprint density at radius 3 is 1.92 bits per heavy atom. The molecule has 24 heavy (non-hydrogen) atoms. The molecule has 0 aromatic carbocycles. The molecule has 6 heteroatoms. The van der Waals surface area contributed by atoms with E-state index >= 15 is 0 Å². The smallest absolute Gasteiger partial charge is 0.389 e. The van der Waals surface area contributed by atoms with Gasteiger partial charge in [-0.1, -0.05) is 25.7 Å². The van der Waals surface area contributed by atoms with Crippen LogP contribution in [-0.2, 0) is 14.3 Å². The fraction of sp³-hybridized carbons (Fsp3) is 0.667. The van der Waals surface area contributed by atoms with Gasteiger partial charge in [-0.15, -0.1) is 0 Å². The first-order chi connectivity index (χ1) is 11.2. The van der Waals surface area contributed by atoms with Gasteiger partial charge < -0.3 is 4.74 Å². The third-order valence-corrected chi connectivity index (χ3v) is 4.30. The van der Waals surface area contributed by atoms with Crippen LogP contribution in [0.25, 0.3) is 0 Å². The summed E-state index contributed by atoms with van der Waals surface area (Å²) in [5, 5.41) is 0. The first-order valence-electron chi connectivity index (χ1n) is 8.29. The maximum atomic E-state index is 12.3. The number of rotatable bonds is 9.